The molecule has 20 heavy (non-hydrogen) atoms. The summed E-state index contributed by atoms with van der Waals surface area (Å²) < 4.78 is 3.23. The highest BCUT2D eigenvalue weighted by molar-refractivity contribution is 7.97. The second kappa shape index (κ2) is 6.49. The molecule has 1 aromatic heterocycles. The minimum absolute atomic E-state index is 0.133. The SMILES string of the molecule is Cc1cc([N+](=O)[O-])cc(C)c1SNCc1ccccn1. The molecule has 5 nitrogen and oxygen atoms in total. The predicted molar refractivity (Wildman–Crippen MR) is 79.5 cm³/mol. The largest absolute Gasteiger partial charge is 0.270 e. The molecule has 0 spiro atoms. The smallest absolute Gasteiger partial charge is 0.260 e. The first kappa shape index (κ1) is 14.5. The number of nitrogens with one attached hydrogen (secondary N) is 1. The quantitative estimate of drug-likeness (QED) is 0.519. The van der Waals surface area contributed by atoms with Gasteiger partial charge < -0.3 is 0 Å². The lowest BCUT2D eigenvalue weighted by atomic mass is 10.1. The van der Waals surface area contributed by atoms with Crippen LogP contribution in [0, 0.1) is 24.0 Å². The van der Waals surface area contributed by atoms with Crippen molar-refractivity contribution in [1.29, 1.82) is 0 Å². The lowest BCUT2D eigenvalue weighted by molar-refractivity contribution is -0.385. The van der Waals surface area contributed by atoms with Gasteiger partial charge in [-0.1, -0.05) is 6.07 Å². The minimum Gasteiger partial charge on any atom is -0.260 e. The highest BCUT2D eigenvalue weighted by atomic mass is 32.2. The fraction of sp³-hybridized carbons (Fsp3) is 0.214. The molecule has 0 amide bonds. The molecule has 0 bridgehead atoms. The molecule has 0 radical (unpaired) electrons. The monoisotopic (exact) mass is 289 g/mol. The summed E-state index contributed by atoms with van der Waals surface area (Å²) in [6.45, 7) is 4.40. The Bertz CT molecular complexity index is 594. The van der Waals surface area contributed by atoms with Crippen LogP contribution < -0.4 is 4.72 Å². The fourth-order valence-corrected chi connectivity index (χ4v) is 2.68. The van der Waals surface area contributed by atoms with Gasteiger partial charge in [0, 0.05) is 29.8 Å². The second-order valence-corrected chi connectivity index (χ2v) is 5.31. The summed E-state index contributed by atoms with van der Waals surface area (Å²) in [5, 5.41) is 10.8. The van der Waals surface area contributed by atoms with Gasteiger partial charge in [0.1, 0.15) is 0 Å². The fourth-order valence-electron chi connectivity index (χ4n) is 1.88. The van der Waals surface area contributed by atoms with Crippen LogP contribution in [0.2, 0.25) is 0 Å². The van der Waals surface area contributed by atoms with E-state index in [1.807, 2.05) is 32.0 Å². The Morgan fingerprint density at radius 3 is 2.55 bits per heavy atom. The van der Waals surface area contributed by atoms with Gasteiger partial charge in [-0.25, -0.2) is 0 Å². The standard InChI is InChI=1S/C14H15N3O2S/c1-10-7-13(17(18)19)8-11(2)14(10)20-16-9-12-5-3-4-6-15-12/h3-8,16H,9H2,1-2H3. The Balaban J connectivity index is 2.05. The number of aryl methyl sites for hydroxylation is 2. The molecule has 0 fully saturated rings. The van der Waals surface area contributed by atoms with E-state index in [-0.39, 0.29) is 10.6 Å². The van der Waals surface area contributed by atoms with Crippen LogP contribution in [0.4, 0.5) is 5.69 Å². The number of benzene rings is 1. The molecule has 0 aliphatic heterocycles. The van der Waals surface area contributed by atoms with E-state index in [0.29, 0.717) is 6.54 Å². The van der Waals surface area contributed by atoms with Crippen molar-refractivity contribution >= 4 is 17.6 Å². The maximum atomic E-state index is 10.8. The Morgan fingerprint density at radius 2 is 2.00 bits per heavy atom. The second-order valence-electron chi connectivity index (χ2n) is 4.41. The predicted octanol–water partition coefficient (Wildman–Crippen LogP) is 3.40. The summed E-state index contributed by atoms with van der Waals surface area (Å²) in [5.74, 6) is 0. The third-order valence-electron chi connectivity index (χ3n) is 2.81. The summed E-state index contributed by atoms with van der Waals surface area (Å²) in [6.07, 6.45) is 1.75. The number of rotatable bonds is 5. The summed E-state index contributed by atoms with van der Waals surface area (Å²) in [6, 6.07) is 8.96. The van der Waals surface area contributed by atoms with E-state index in [1.54, 1.807) is 18.3 Å². The molecule has 0 saturated heterocycles. The third kappa shape index (κ3) is 3.55. The summed E-state index contributed by atoms with van der Waals surface area (Å²) in [7, 11) is 0. The molecule has 1 aromatic carbocycles. The summed E-state index contributed by atoms with van der Waals surface area (Å²) in [5.41, 5.74) is 2.89. The van der Waals surface area contributed by atoms with Crippen LogP contribution in [0.25, 0.3) is 0 Å². The zero-order chi connectivity index (χ0) is 14.5. The third-order valence-corrected chi connectivity index (χ3v) is 3.95. The molecule has 1 heterocycles. The van der Waals surface area contributed by atoms with Crippen molar-refractivity contribution in [3.05, 3.63) is 63.5 Å². The van der Waals surface area contributed by atoms with Gasteiger partial charge in [-0.15, -0.1) is 0 Å². The highest BCUT2D eigenvalue weighted by Crippen LogP contribution is 2.28. The van der Waals surface area contributed by atoms with Gasteiger partial charge >= 0.3 is 0 Å². The number of nitro benzene ring substituents is 1. The molecular formula is C14H15N3O2S. The van der Waals surface area contributed by atoms with Crippen molar-refractivity contribution in [3.8, 4) is 0 Å². The van der Waals surface area contributed by atoms with Crippen LogP contribution in [0.1, 0.15) is 16.8 Å². The number of hydrogen-bond acceptors (Lipinski definition) is 5. The van der Waals surface area contributed by atoms with Crippen LogP contribution in [0.15, 0.2) is 41.4 Å². The minimum atomic E-state index is -0.365. The Kier molecular flexibility index (Phi) is 4.70. The van der Waals surface area contributed by atoms with E-state index >= 15 is 0 Å². The Hall–Kier alpha value is -1.92. The average Bonchev–Trinajstić information content (AvgIpc) is 2.42. The van der Waals surface area contributed by atoms with Gasteiger partial charge in [-0.2, -0.15) is 0 Å². The first-order valence-corrected chi connectivity index (χ1v) is 6.95. The Morgan fingerprint density at radius 1 is 1.30 bits per heavy atom. The van der Waals surface area contributed by atoms with Crippen LogP contribution in [-0.2, 0) is 6.54 Å². The first-order valence-electron chi connectivity index (χ1n) is 6.13. The van der Waals surface area contributed by atoms with Crippen LogP contribution in [-0.4, -0.2) is 9.91 Å². The van der Waals surface area contributed by atoms with Crippen molar-refractivity contribution < 1.29 is 4.92 Å². The van der Waals surface area contributed by atoms with Crippen molar-refractivity contribution in [2.45, 2.75) is 25.3 Å². The molecule has 6 heteroatoms. The van der Waals surface area contributed by atoms with E-state index in [2.05, 4.69) is 9.71 Å². The lowest BCUT2D eigenvalue weighted by Crippen LogP contribution is -2.05. The summed E-state index contributed by atoms with van der Waals surface area (Å²) >= 11 is 1.48. The first-order chi connectivity index (χ1) is 9.58. The number of nitro groups is 1. The average molecular weight is 289 g/mol. The zero-order valence-corrected chi connectivity index (χ0v) is 12.1. The van der Waals surface area contributed by atoms with Crippen molar-refractivity contribution in [2.24, 2.45) is 0 Å². The van der Waals surface area contributed by atoms with Crippen molar-refractivity contribution in [2.75, 3.05) is 0 Å². The maximum absolute atomic E-state index is 10.8. The van der Waals surface area contributed by atoms with Crippen LogP contribution >= 0.6 is 11.9 Å². The van der Waals surface area contributed by atoms with Gasteiger partial charge in [-0.05, 0) is 49.1 Å². The van der Waals surface area contributed by atoms with Gasteiger partial charge in [0.25, 0.3) is 5.69 Å². The Labute approximate surface area is 121 Å². The van der Waals surface area contributed by atoms with E-state index in [1.165, 1.54) is 11.9 Å². The van der Waals surface area contributed by atoms with E-state index in [4.69, 9.17) is 0 Å². The molecule has 0 aliphatic carbocycles. The normalized spacial score (nSPS) is 10.5. The van der Waals surface area contributed by atoms with E-state index < -0.39 is 0 Å². The molecule has 0 atom stereocenters. The van der Waals surface area contributed by atoms with Gasteiger partial charge in [0.2, 0.25) is 0 Å². The molecule has 0 unspecified atom stereocenters. The zero-order valence-electron chi connectivity index (χ0n) is 11.3. The van der Waals surface area contributed by atoms with E-state index in [9.17, 15) is 10.1 Å². The summed E-state index contributed by atoms with van der Waals surface area (Å²) in [4.78, 5) is 15.7. The van der Waals surface area contributed by atoms with Gasteiger partial charge in [-0.3, -0.25) is 19.8 Å². The maximum Gasteiger partial charge on any atom is 0.270 e. The lowest BCUT2D eigenvalue weighted by Gasteiger charge is -2.10. The van der Waals surface area contributed by atoms with Crippen LogP contribution in [0.3, 0.4) is 0 Å². The number of aromatic nitrogens is 1. The number of non-ortho nitro benzene ring substituents is 1. The van der Waals surface area contributed by atoms with Gasteiger partial charge in [0.15, 0.2) is 0 Å². The van der Waals surface area contributed by atoms with E-state index in [0.717, 1.165) is 21.7 Å². The molecular weight excluding hydrogens is 274 g/mol. The van der Waals surface area contributed by atoms with Gasteiger partial charge in [0.05, 0.1) is 10.6 Å². The molecule has 1 N–H and O–H groups in total. The molecule has 104 valence electrons. The molecule has 0 saturated carbocycles. The van der Waals surface area contributed by atoms with Crippen molar-refractivity contribution in [3.63, 3.8) is 0 Å². The number of pyridine rings is 1. The topological polar surface area (TPSA) is 68.1 Å². The van der Waals surface area contributed by atoms with Crippen molar-refractivity contribution in [1.82, 2.24) is 9.71 Å². The molecule has 2 aromatic rings. The number of hydrogen-bond donors (Lipinski definition) is 1. The van der Waals surface area contributed by atoms with Crippen LogP contribution in [0.5, 0.6) is 0 Å². The molecule has 0 aliphatic rings. The highest BCUT2D eigenvalue weighted by Gasteiger charge is 2.12. The number of nitrogens with zero attached hydrogens (tertiary/aromatic N) is 2. The molecule has 2 rings (SSSR count).